The Balaban J connectivity index is 2.19. The third-order valence-electron chi connectivity index (χ3n) is 3.31. The molecule has 1 radical (unpaired) electrons. The molecule has 1 aliphatic heterocycles. The molecule has 1 aliphatic rings. The Kier molecular flexibility index (Phi) is 3.39. The predicted octanol–water partition coefficient (Wildman–Crippen LogP) is 2.50. The predicted molar refractivity (Wildman–Crippen MR) is 64.8 cm³/mol. The third kappa shape index (κ3) is 2.50. The molecule has 1 saturated heterocycles. The van der Waals surface area contributed by atoms with E-state index in [2.05, 4.69) is 18.0 Å². The summed E-state index contributed by atoms with van der Waals surface area (Å²) in [6.45, 7) is 3.89. The summed E-state index contributed by atoms with van der Waals surface area (Å²) in [5.74, 6) is 0.691. The highest BCUT2D eigenvalue weighted by Crippen LogP contribution is 2.26. The lowest BCUT2D eigenvalue weighted by molar-refractivity contribution is 0.101. The number of Topliss-reactive ketones (excluding diaryl/α,β-unsaturated/α-hetero) is 1. The summed E-state index contributed by atoms with van der Waals surface area (Å²) in [7, 11) is 2.16. The SMILES string of the molecule is CC(=O)c1c[c]cc(C2CCCN(C)C2)c1. The molecule has 1 unspecified atom stereocenters. The molecule has 0 aliphatic carbocycles. The van der Waals surface area contributed by atoms with Crippen molar-refractivity contribution < 1.29 is 4.79 Å². The minimum atomic E-state index is 0.127. The molecule has 2 nitrogen and oxygen atoms in total. The Hall–Kier alpha value is -1.15. The first-order valence-corrected chi connectivity index (χ1v) is 5.87. The average molecular weight is 216 g/mol. The summed E-state index contributed by atoms with van der Waals surface area (Å²) in [6.07, 6.45) is 2.46. The van der Waals surface area contributed by atoms with Crippen molar-refractivity contribution in [2.24, 2.45) is 0 Å². The Morgan fingerprint density at radius 3 is 3.00 bits per heavy atom. The molecule has 0 bridgehead atoms. The van der Waals surface area contributed by atoms with Crippen LogP contribution >= 0.6 is 0 Å². The van der Waals surface area contributed by atoms with Crippen LogP contribution < -0.4 is 0 Å². The van der Waals surface area contributed by atoms with Crippen LogP contribution in [0.25, 0.3) is 0 Å². The van der Waals surface area contributed by atoms with Gasteiger partial charge in [-0.15, -0.1) is 0 Å². The maximum atomic E-state index is 11.3. The molecule has 85 valence electrons. The number of carbonyl (C=O) groups is 1. The topological polar surface area (TPSA) is 20.3 Å². The van der Waals surface area contributed by atoms with E-state index >= 15 is 0 Å². The Labute approximate surface area is 97.3 Å². The lowest BCUT2D eigenvalue weighted by Gasteiger charge is -2.30. The molecule has 0 amide bonds. The van der Waals surface area contributed by atoms with Crippen LogP contribution in [0.3, 0.4) is 0 Å². The number of hydrogen-bond acceptors (Lipinski definition) is 2. The fourth-order valence-electron chi connectivity index (χ4n) is 2.37. The van der Waals surface area contributed by atoms with E-state index < -0.39 is 0 Å². The van der Waals surface area contributed by atoms with E-state index in [1.54, 1.807) is 13.0 Å². The molecule has 16 heavy (non-hydrogen) atoms. The number of benzene rings is 1. The van der Waals surface area contributed by atoms with Gasteiger partial charge in [0.2, 0.25) is 0 Å². The van der Waals surface area contributed by atoms with Gasteiger partial charge in [0, 0.05) is 12.1 Å². The van der Waals surface area contributed by atoms with Crippen LogP contribution in [-0.4, -0.2) is 30.8 Å². The fraction of sp³-hybridized carbons (Fsp3) is 0.500. The van der Waals surface area contributed by atoms with Crippen molar-refractivity contribution in [2.75, 3.05) is 20.1 Å². The summed E-state index contributed by atoms with van der Waals surface area (Å²) in [5.41, 5.74) is 2.05. The van der Waals surface area contributed by atoms with Gasteiger partial charge in [0.05, 0.1) is 0 Å². The van der Waals surface area contributed by atoms with E-state index in [1.165, 1.54) is 24.9 Å². The lowest BCUT2D eigenvalue weighted by atomic mass is 9.89. The molecule has 0 aromatic heterocycles. The first kappa shape index (κ1) is 11.3. The van der Waals surface area contributed by atoms with E-state index in [4.69, 9.17) is 0 Å². The Morgan fingerprint density at radius 2 is 2.31 bits per heavy atom. The van der Waals surface area contributed by atoms with Crippen LogP contribution in [0.5, 0.6) is 0 Å². The molecule has 2 heteroatoms. The highest BCUT2D eigenvalue weighted by Gasteiger charge is 2.19. The lowest BCUT2D eigenvalue weighted by Crippen LogP contribution is -2.30. The molecule has 0 saturated carbocycles. The number of hydrogen-bond donors (Lipinski definition) is 0. The standard InChI is InChI=1S/C14H18NO/c1-11(16)12-5-3-6-13(9-12)14-7-4-8-15(2)10-14/h5-6,9,14H,4,7-8,10H2,1-2H3. The van der Waals surface area contributed by atoms with Crippen molar-refractivity contribution in [3.8, 4) is 0 Å². The van der Waals surface area contributed by atoms with Crippen LogP contribution in [-0.2, 0) is 0 Å². The number of rotatable bonds is 2. The molecule has 1 atom stereocenters. The Bertz CT molecular complexity index is 386. The van der Waals surface area contributed by atoms with Gasteiger partial charge < -0.3 is 4.90 Å². The Morgan fingerprint density at radius 1 is 1.50 bits per heavy atom. The van der Waals surface area contributed by atoms with Crippen molar-refractivity contribution in [3.63, 3.8) is 0 Å². The van der Waals surface area contributed by atoms with Crippen molar-refractivity contribution in [2.45, 2.75) is 25.7 Å². The second-order valence-corrected chi connectivity index (χ2v) is 4.71. The number of ketones is 1. The maximum absolute atomic E-state index is 11.3. The largest absolute Gasteiger partial charge is 0.306 e. The minimum absolute atomic E-state index is 0.127. The molecule has 1 aromatic rings. The highest BCUT2D eigenvalue weighted by atomic mass is 16.1. The quantitative estimate of drug-likeness (QED) is 0.708. The van der Waals surface area contributed by atoms with Gasteiger partial charge >= 0.3 is 0 Å². The second kappa shape index (κ2) is 4.79. The third-order valence-corrected chi connectivity index (χ3v) is 3.31. The number of nitrogens with zero attached hydrogens (tertiary/aromatic N) is 1. The zero-order valence-corrected chi connectivity index (χ0v) is 9.99. The molecule has 2 rings (SSSR count). The zero-order chi connectivity index (χ0) is 11.5. The van der Waals surface area contributed by atoms with Crippen LogP contribution in [0.2, 0.25) is 0 Å². The van der Waals surface area contributed by atoms with E-state index in [0.717, 1.165) is 12.1 Å². The van der Waals surface area contributed by atoms with E-state index in [-0.39, 0.29) is 5.78 Å². The zero-order valence-electron chi connectivity index (χ0n) is 9.99. The van der Waals surface area contributed by atoms with Crippen LogP contribution in [0.4, 0.5) is 0 Å². The summed E-state index contributed by atoms with van der Waals surface area (Å²) in [4.78, 5) is 13.7. The van der Waals surface area contributed by atoms with Gasteiger partial charge in [0.15, 0.2) is 5.78 Å². The van der Waals surface area contributed by atoms with Gasteiger partial charge in [0.25, 0.3) is 0 Å². The van der Waals surface area contributed by atoms with Gasteiger partial charge in [-0.05, 0) is 63.0 Å². The van der Waals surface area contributed by atoms with Crippen molar-refractivity contribution in [1.82, 2.24) is 4.90 Å². The van der Waals surface area contributed by atoms with Crippen molar-refractivity contribution >= 4 is 5.78 Å². The van der Waals surface area contributed by atoms with Crippen molar-refractivity contribution in [1.29, 1.82) is 0 Å². The monoisotopic (exact) mass is 216 g/mol. The molecule has 1 heterocycles. The van der Waals surface area contributed by atoms with Crippen LogP contribution in [0, 0.1) is 6.07 Å². The molecular weight excluding hydrogens is 198 g/mol. The first-order chi connectivity index (χ1) is 7.66. The molecule has 0 N–H and O–H groups in total. The summed E-state index contributed by atoms with van der Waals surface area (Å²) < 4.78 is 0. The van der Waals surface area contributed by atoms with Gasteiger partial charge in [-0.25, -0.2) is 0 Å². The van der Waals surface area contributed by atoms with Crippen LogP contribution in [0.15, 0.2) is 18.2 Å². The molecule has 1 aromatic carbocycles. The first-order valence-electron chi connectivity index (χ1n) is 5.87. The average Bonchev–Trinajstić information content (AvgIpc) is 2.29. The number of carbonyl (C=O) groups excluding carboxylic acids is 1. The smallest absolute Gasteiger partial charge is 0.159 e. The van der Waals surface area contributed by atoms with E-state index in [1.807, 2.05) is 12.1 Å². The van der Waals surface area contributed by atoms with Gasteiger partial charge in [0.1, 0.15) is 0 Å². The molecule has 1 fully saturated rings. The maximum Gasteiger partial charge on any atom is 0.159 e. The minimum Gasteiger partial charge on any atom is -0.306 e. The van der Waals surface area contributed by atoms with Crippen LogP contribution in [0.1, 0.15) is 41.6 Å². The van der Waals surface area contributed by atoms with E-state index in [9.17, 15) is 4.79 Å². The van der Waals surface area contributed by atoms with Crippen molar-refractivity contribution in [3.05, 3.63) is 35.4 Å². The van der Waals surface area contributed by atoms with Gasteiger partial charge in [-0.2, -0.15) is 0 Å². The summed E-state index contributed by atoms with van der Waals surface area (Å²) >= 11 is 0. The van der Waals surface area contributed by atoms with Gasteiger partial charge in [-0.1, -0.05) is 6.07 Å². The second-order valence-electron chi connectivity index (χ2n) is 4.71. The molecule has 0 spiro atoms. The van der Waals surface area contributed by atoms with E-state index in [0.29, 0.717) is 5.92 Å². The number of likely N-dealkylation sites (tertiary alicyclic amines) is 1. The fourth-order valence-corrected chi connectivity index (χ4v) is 2.37. The normalized spacial score (nSPS) is 22.0. The number of piperidine rings is 1. The molecular formula is C14H18NO. The summed E-state index contributed by atoms with van der Waals surface area (Å²) in [5, 5.41) is 0. The van der Waals surface area contributed by atoms with Gasteiger partial charge in [-0.3, -0.25) is 4.79 Å². The number of likely N-dealkylation sites (N-methyl/N-ethyl adjacent to an activating group) is 1. The summed E-state index contributed by atoms with van der Waals surface area (Å²) in [6, 6.07) is 8.91. The highest BCUT2D eigenvalue weighted by molar-refractivity contribution is 5.94.